The first kappa shape index (κ1) is 16.4. The second kappa shape index (κ2) is 9.28. The molecule has 20 heavy (non-hydrogen) atoms. The normalized spacial score (nSPS) is 10.7. The number of nitrogens with one attached hydrogen (secondary N) is 1. The van der Waals surface area contributed by atoms with Gasteiger partial charge in [-0.25, -0.2) is 0 Å². The summed E-state index contributed by atoms with van der Waals surface area (Å²) < 4.78 is 4.89. The van der Waals surface area contributed by atoms with Gasteiger partial charge >= 0.3 is 0 Å². The number of carbonyl (C=O) groups excluding carboxylic acids is 2. The van der Waals surface area contributed by atoms with Crippen molar-refractivity contribution in [2.24, 2.45) is 0 Å². The Morgan fingerprint density at radius 1 is 1.50 bits per heavy atom. The summed E-state index contributed by atoms with van der Waals surface area (Å²) >= 11 is 1.57. The van der Waals surface area contributed by atoms with Gasteiger partial charge in [-0.1, -0.05) is 0 Å². The zero-order valence-electron chi connectivity index (χ0n) is 11.8. The van der Waals surface area contributed by atoms with Crippen molar-refractivity contribution in [1.82, 2.24) is 10.2 Å². The van der Waals surface area contributed by atoms with Crippen LogP contribution in [0.25, 0.3) is 6.08 Å². The minimum Gasteiger partial charge on any atom is -0.385 e. The van der Waals surface area contributed by atoms with Gasteiger partial charge in [0.15, 0.2) is 0 Å². The SMILES string of the molecule is COCCCNC(=O)CN(C)C(=O)/C=C\c1ccsc1. The van der Waals surface area contributed by atoms with Crippen LogP contribution in [-0.2, 0) is 14.3 Å². The van der Waals surface area contributed by atoms with Crippen molar-refractivity contribution >= 4 is 29.2 Å². The minimum absolute atomic E-state index is 0.0553. The molecule has 0 spiro atoms. The summed E-state index contributed by atoms with van der Waals surface area (Å²) in [5, 5.41) is 6.63. The molecule has 1 rings (SSSR count). The average Bonchev–Trinajstić information content (AvgIpc) is 2.94. The van der Waals surface area contributed by atoms with Crippen LogP contribution in [0.15, 0.2) is 22.9 Å². The summed E-state index contributed by atoms with van der Waals surface area (Å²) in [5.74, 6) is -0.357. The third kappa shape index (κ3) is 6.49. The van der Waals surface area contributed by atoms with Gasteiger partial charge in [0, 0.05) is 33.4 Å². The Labute approximate surface area is 123 Å². The van der Waals surface area contributed by atoms with Crippen LogP contribution in [0.4, 0.5) is 0 Å². The summed E-state index contributed by atoms with van der Waals surface area (Å²) in [6.07, 6.45) is 3.98. The fraction of sp³-hybridized carbons (Fsp3) is 0.429. The molecule has 1 heterocycles. The van der Waals surface area contributed by atoms with E-state index in [2.05, 4.69) is 5.32 Å². The highest BCUT2D eigenvalue weighted by Crippen LogP contribution is 2.07. The van der Waals surface area contributed by atoms with E-state index in [-0.39, 0.29) is 18.4 Å². The van der Waals surface area contributed by atoms with Crippen molar-refractivity contribution in [2.45, 2.75) is 6.42 Å². The molecule has 110 valence electrons. The van der Waals surface area contributed by atoms with Crippen molar-refractivity contribution < 1.29 is 14.3 Å². The zero-order chi connectivity index (χ0) is 14.8. The number of likely N-dealkylation sites (N-methyl/N-ethyl adjacent to an activating group) is 1. The lowest BCUT2D eigenvalue weighted by Gasteiger charge is -2.14. The van der Waals surface area contributed by atoms with Gasteiger partial charge in [0.25, 0.3) is 0 Å². The number of ether oxygens (including phenoxy) is 1. The Kier molecular flexibility index (Phi) is 7.60. The van der Waals surface area contributed by atoms with Crippen molar-refractivity contribution in [3.8, 4) is 0 Å². The summed E-state index contributed by atoms with van der Waals surface area (Å²) in [6, 6.07) is 1.93. The molecule has 1 aromatic heterocycles. The number of hydrogen-bond acceptors (Lipinski definition) is 4. The van der Waals surface area contributed by atoms with E-state index in [1.165, 1.54) is 11.0 Å². The number of hydrogen-bond donors (Lipinski definition) is 1. The lowest BCUT2D eigenvalue weighted by Crippen LogP contribution is -2.38. The number of carbonyl (C=O) groups is 2. The van der Waals surface area contributed by atoms with Crippen molar-refractivity contribution in [3.63, 3.8) is 0 Å². The summed E-state index contributed by atoms with van der Waals surface area (Å²) in [5.41, 5.74) is 0.987. The average molecular weight is 296 g/mol. The summed E-state index contributed by atoms with van der Waals surface area (Å²) in [4.78, 5) is 24.8. The van der Waals surface area contributed by atoms with Gasteiger partial charge in [-0.15, -0.1) is 0 Å². The molecule has 1 N–H and O–H groups in total. The first-order valence-electron chi connectivity index (χ1n) is 6.34. The molecule has 6 heteroatoms. The van der Waals surface area contributed by atoms with Crippen LogP contribution in [0.2, 0.25) is 0 Å². The molecule has 0 aliphatic heterocycles. The van der Waals surface area contributed by atoms with E-state index in [1.54, 1.807) is 31.6 Å². The van der Waals surface area contributed by atoms with Gasteiger partial charge in [-0.3, -0.25) is 9.59 Å². The molecule has 0 aromatic carbocycles. The predicted molar refractivity (Wildman–Crippen MR) is 80.5 cm³/mol. The van der Waals surface area contributed by atoms with E-state index in [9.17, 15) is 9.59 Å². The molecule has 5 nitrogen and oxygen atoms in total. The molecule has 0 fully saturated rings. The molecule has 0 atom stereocenters. The van der Waals surface area contributed by atoms with E-state index in [0.29, 0.717) is 13.2 Å². The van der Waals surface area contributed by atoms with E-state index in [4.69, 9.17) is 4.74 Å². The van der Waals surface area contributed by atoms with Crippen molar-refractivity contribution in [2.75, 3.05) is 33.9 Å². The van der Waals surface area contributed by atoms with Crippen LogP contribution in [0.5, 0.6) is 0 Å². The molecule has 0 saturated heterocycles. The number of thiophene rings is 1. The number of rotatable bonds is 8. The van der Waals surface area contributed by atoms with E-state index in [0.717, 1.165) is 12.0 Å². The first-order chi connectivity index (χ1) is 9.63. The second-order valence-corrected chi connectivity index (χ2v) is 5.06. The van der Waals surface area contributed by atoms with Gasteiger partial charge in [-0.2, -0.15) is 11.3 Å². The molecule has 0 radical (unpaired) electrons. The zero-order valence-corrected chi connectivity index (χ0v) is 12.6. The fourth-order valence-corrected chi connectivity index (χ4v) is 2.09. The quantitative estimate of drug-likeness (QED) is 0.582. The van der Waals surface area contributed by atoms with Crippen molar-refractivity contribution in [3.05, 3.63) is 28.5 Å². The Balaban J connectivity index is 2.28. The third-order valence-corrected chi connectivity index (χ3v) is 3.27. The van der Waals surface area contributed by atoms with Gasteiger partial charge in [0.05, 0.1) is 6.54 Å². The monoisotopic (exact) mass is 296 g/mol. The van der Waals surface area contributed by atoms with Crippen LogP contribution < -0.4 is 5.32 Å². The first-order valence-corrected chi connectivity index (χ1v) is 7.28. The van der Waals surface area contributed by atoms with Crippen LogP contribution in [0.3, 0.4) is 0 Å². The van der Waals surface area contributed by atoms with Gasteiger partial charge < -0.3 is 15.0 Å². The Morgan fingerprint density at radius 3 is 2.95 bits per heavy atom. The molecular weight excluding hydrogens is 276 g/mol. The van der Waals surface area contributed by atoms with Gasteiger partial charge in [-0.05, 0) is 34.9 Å². The highest BCUT2D eigenvalue weighted by molar-refractivity contribution is 7.08. The standard InChI is InChI=1S/C14H20N2O3S/c1-16(10-13(17)15-7-3-8-19-2)14(18)5-4-12-6-9-20-11-12/h4-6,9,11H,3,7-8,10H2,1-2H3,(H,15,17)/b5-4-. The molecular formula is C14H20N2O3S. The third-order valence-electron chi connectivity index (χ3n) is 2.57. The smallest absolute Gasteiger partial charge is 0.246 e. The topological polar surface area (TPSA) is 58.6 Å². The Bertz CT molecular complexity index is 443. The molecule has 0 unspecified atom stereocenters. The van der Waals surface area contributed by atoms with Gasteiger partial charge in [0.2, 0.25) is 11.8 Å². The maximum absolute atomic E-state index is 11.8. The van der Waals surface area contributed by atoms with Crippen molar-refractivity contribution in [1.29, 1.82) is 0 Å². The van der Waals surface area contributed by atoms with E-state index < -0.39 is 0 Å². The Morgan fingerprint density at radius 2 is 2.30 bits per heavy atom. The lowest BCUT2D eigenvalue weighted by molar-refractivity contribution is -0.131. The fourth-order valence-electron chi connectivity index (χ4n) is 1.46. The number of amides is 2. The highest BCUT2D eigenvalue weighted by atomic mass is 32.1. The minimum atomic E-state index is -0.191. The summed E-state index contributed by atoms with van der Waals surface area (Å²) in [6.45, 7) is 1.22. The molecule has 2 amide bonds. The molecule has 0 saturated carbocycles. The second-order valence-electron chi connectivity index (χ2n) is 4.28. The Hall–Kier alpha value is -1.66. The highest BCUT2D eigenvalue weighted by Gasteiger charge is 2.09. The van der Waals surface area contributed by atoms with Gasteiger partial charge in [0.1, 0.15) is 0 Å². The maximum atomic E-state index is 11.8. The number of methoxy groups -OCH3 is 1. The molecule has 0 bridgehead atoms. The maximum Gasteiger partial charge on any atom is 0.246 e. The summed E-state index contributed by atoms with van der Waals surface area (Å²) in [7, 11) is 3.23. The predicted octanol–water partition coefficient (Wildman–Crippen LogP) is 1.37. The number of nitrogens with zero attached hydrogens (tertiary/aromatic N) is 1. The van der Waals surface area contributed by atoms with Crippen LogP contribution in [-0.4, -0.2) is 50.6 Å². The molecule has 0 aliphatic rings. The van der Waals surface area contributed by atoms with Crippen LogP contribution in [0.1, 0.15) is 12.0 Å². The molecule has 0 aliphatic carbocycles. The largest absolute Gasteiger partial charge is 0.385 e. The van der Waals surface area contributed by atoms with E-state index in [1.807, 2.05) is 16.8 Å². The lowest BCUT2D eigenvalue weighted by atomic mass is 10.3. The van der Waals surface area contributed by atoms with E-state index >= 15 is 0 Å². The molecule has 1 aromatic rings. The van der Waals surface area contributed by atoms with Crippen LogP contribution in [0, 0.1) is 0 Å². The van der Waals surface area contributed by atoms with Crippen LogP contribution >= 0.6 is 11.3 Å².